The maximum absolute atomic E-state index is 5.93. The Balaban J connectivity index is 2.42. The summed E-state index contributed by atoms with van der Waals surface area (Å²) in [4.78, 5) is 5.74. The standard InChI is InChI=1S/C10H13BrN4S/c1-5(9-6(2)16-7(3)14-9)15-10(12)8(11)4-13-15/h4-5H,12H2,1-3H3. The molecule has 0 amide bonds. The molecule has 0 aromatic carbocycles. The summed E-state index contributed by atoms with van der Waals surface area (Å²) in [6, 6.07) is 0.0660. The molecule has 2 rings (SSSR count). The Morgan fingerprint density at radius 3 is 2.62 bits per heavy atom. The summed E-state index contributed by atoms with van der Waals surface area (Å²) in [5.41, 5.74) is 6.97. The van der Waals surface area contributed by atoms with Crippen molar-refractivity contribution < 1.29 is 0 Å². The minimum Gasteiger partial charge on any atom is -0.383 e. The zero-order chi connectivity index (χ0) is 11.9. The van der Waals surface area contributed by atoms with Crippen molar-refractivity contribution in [3.05, 3.63) is 26.2 Å². The van der Waals surface area contributed by atoms with Crippen LogP contribution < -0.4 is 5.73 Å². The predicted molar refractivity (Wildman–Crippen MR) is 69.7 cm³/mol. The van der Waals surface area contributed by atoms with Crippen molar-refractivity contribution in [1.82, 2.24) is 14.8 Å². The number of nitrogen functional groups attached to an aromatic ring is 1. The van der Waals surface area contributed by atoms with Crippen molar-refractivity contribution in [2.24, 2.45) is 0 Å². The van der Waals surface area contributed by atoms with E-state index in [0.717, 1.165) is 15.2 Å². The van der Waals surface area contributed by atoms with Crippen molar-refractivity contribution in [3.8, 4) is 0 Å². The number of aryl methyl sites for hydroxylation is 2. The Labute approximate surface area is 107 Å². The van der Waals surface area contributed by atoms with E-state index >= 15 is 0 Å². The fourth-order valence-electron chi connectivity index (χ4n) is 1.71. The Morgan fingerprint density at radius 1 is 1.50 bits per heavy atom. The smallest absolute Gasteiger partial charge is 0.136 e. The van der Waals surface area contributed by atoms with Crippen LogP contribution in [0, 0.1) is 13.8 Å². The molecule has 2 N–H and O–H groups in total. The number of hydrogen-bond acceptors (Lipinski definition) is 4. The maximum Gasteiger partial charge on any atom is 0.136 e. The van der Waals surface area contributed by atoms with E-state index in [9.17, 15) is 0 Å². The molecule has 2 aromatic heterocycles. The van der Waals surface area contributed by atoms with E-state index in [2.05, 4.69) is 39.9 Å². The van der Waals surface area contributed by atoms with E-state index in [1.807, 2.05) is 6.92 Å². The molecule has 0 fully saturated rings. The summed E-state index contributed by atoms with van der Waals surface area (Å²) < 4.78 is 2.61. The third kappa shape index (κ3) is 1.87. The molecule has 1 atom stereocenters. The molecule has 0 radical (unpaired) electrons. The zero-order valence-corrected chi connectivity index (χ0v) is 11.8. The number of thiazole rings is 1. The lowest BCUT2D eigenvalue weighted by Crippen LogP contribution is -2.12. The van der Waals surface area contributed by atoms with E-state index in [-0.39, 0.29) is 6.04 Å². The molecule has 16 heavy (non-hydrogen) atoms. The van der Waals surface area contributed by atoms with Gasteiger partial charge in [-0.2, -0.15) is 5.10 Å². The van der Waals surface area contributed by atoms with Crippen molar-refractivity contribution in [3.63, 3.8) is 0 Å². The van der Waals surface area contributed by atoms with Crippen molar-refractivity contribution in [2.75, 3.05) is 5.73 Å². The van der Waals surface area contributed by atoms with E-state index in [0.29, 0.717) is 5.82 Å². The van der Waals surface area contributed by atoms with Crippen LogP contribution in [0.3, 0.4) is 0 Å². The molecule has 2 heterocycles. The van der Waals surface area contributed by atoms with Crippen LogP contribution in [-0.2, 0) is 0 Å². The molecule has 0 saturated heterocycles. The largest absolute Gasteiger partial charge is 0.383 e. The molecule has 0 saturated carbocycles. The maximum atomic E-state index is 5.93. The summed E-state index contributed by atoms with van der Waals surface area (Å²) in [5, 5.41) is 5.32. The molecule has 2 aromatic rings. The van der Waals surface area contributed by atoms with Crippen LogP contribution in [0.2, 0.25) is 0 Å². The molecule has 0 bridgehead atoms. The Hall–Kier alpha value is -0.880. The van der Waals surface area contributed by atoms with Crippen LogP contribution in [0.5, 0.6) is 0 Å². The monoisotopic (exact) mass is 300 g/mol. The Morgan fingerprint density at radius 2 is 2.19 bits per heavy atom. The van der Waals surface area contributed by atoms with Crippen molar-refractivity contribution in [2.45, 2.75) is 26.8 Å². The summed E-state index contributed by atoms with van der Waals surface area (Å²) in [6.45, 7) is 6.14. The summed E-state index contributed by atoms with van der Waals surface area (Å²) in [6.07, 6.45) is 1.71. The molecule has 0 aliphatic rings. The van der Waals surface area contributed by atoms with Gasteiger partial charge >= 0.3 is 0 Å². The van der Waals surface area contributed by atoms with Gasteiger partial charge in [-0.1, -0.05) is 0 Å². The fourth-order valence-corrected chi connectivity index (χ4v) is 2.89. The second-order valence-electron chi connectivity index (χ2n) is 3.67. The predicted octanol–water partition coefficient (Wildman–Crippen LogP) is 2.91. The second kappa shape index (κ2) is 4.18. The van der Waals surface area contributed by atoms with Gasteiger partial charge in [-0.05, 0) is 36.7 Å². The van der Waals surface area contributed by atoms with Crippen LogP contribution in [0.1, 0.15) is 28.5 Å². The van der Waals surface area contributed by atoms with Gasteiger partial charge in [0.05, 0.1) is 27.4 Å². The number of rotatable bonds is 2. The number of aromatic nitrogens is 3. The quantitative estimate of drug-likeness (QED) is 0.928. The van der Waals surface area contributed by atoms with Crippen molar-refractivity contribution >= 4 is 33.1 Å². The first-order chi connectivity index (χ1) is 7.50. The first-order valence-corrected chi connectivity index (χ1v) is 6.54. The van der Waals surface area contributed by atoms with Gasteiger partial charge in [0.15, 0.2) is 0 Å². The molecular weight excluding hydrogens is 288 g/mol. The molecule has 6 heteroatoms. The molecule has 0 aliphatic heterocycles. The van der Waals surface area contributed by atoms with Crippen LogP contribution in [-0.4, -0.2) is 14.8 Å². The van der Waals surface area contributed by atoms with Gasteiger partial charge in [-0.3, -0.25) is 0 Å². The van der Waals surface area contributed by atoms with E-state index in [1.165, 1.54) is 4.88 Å². The zero-order valence-electron chi connectivity index (χ0n) is 9.36. The summed E-state index contributed by atoms with van der Waals surface area (Å²) in [5.74, 6) is 0.637. The number of anilines is 1. The number of nitrogens with two attached hydrogens (primary N) is 1. The van der Waals surface area contributed by atoms with Crippen LogP contribution in [0.25, 0.3) is 0 Å². The van der Waals surface area contributed by atoms with Gasteiger partial charge in [-0.15, -0.1) is 11.3 Å². The Bertz CT molecular complexity index is 515. The normalized spacial score (nSPS) is 13.0. The van der Waals surface area contributed by atoms with Gasteiger partial charge in [0.25, 0.3) is 0 Å². The highest BCUT2D eigenvalue weighted by atomic mass is 79.9. The van der Waals surface area contributed by atoms with Crippen molar-refractivity contribution in [1.29, 1.82) is 0 Å². The van der Waals surface area contributed by atoms with Crippen LogP contribution in [0.4, 0.5) is 5.82 Å². The van der Waals surface area contributed by atoms with E-state index in [1.54, 1.807) is 22.2 Å². The fraction of sp³-hybridized carbons (Fsp3) is 0.400. The molecule has 0 aliphatic carbocycles. The average molecular weight is 301 g/mol. The van der Waals surface area contributed by atoms with E-state index in [4.69, 9.17) is 5.73 Å². The molecular formula is C10H13BrN4S. The number of hydrogen-bond donors (Lipinski definition) is 1. The summed E-state index contributed by atoms with van der Waals surface area (Å²) >= 11 is 5.05. The molecule has 0 spiro atoms. The number of halogens is 1. The van der Waals surface area contributed by atoms with Crippen LogP contribution >= 0.6 is 27.3 Å². The SMILES string of the molecule is Cc1nc(C(C)n2ncc(Br)c2N)c(C)s1. The average Bonchev–Trinajstić information content (AvgIpc) is 2.71. The van der Waals surface area contributed by atoms with Gasteiger partial charge < -0.3 is 5.73 Å². The summed E-state index contributed by atoms with van der Waals surface area (Å²) in [7, 11) is 0. The van der Waals surface area contributed by atoms with Gasteiger partial charge in [-0.25, -0.2) is 9.67 Å². The third-order valence-corrected chi connectivity index (χ3v) is 4.00. The highest BCUT2D eigenvalue weighted by Gasteiger charge is 2.18. The highest BCUT2D eigenvalue weighted by molar-refractivity contribution is 9.10. The van der Waals surface area contributed by atoms with Gasteiger partial charge in [0.1, 0.15) is 5.82 Å². The Kier molecular flexibility index (Phi) is 3.03. The minimum absolute atomic E-state index is 0.0660. The topological polar surface area (TPSA) is 56.7 Å². The first kappa shape index (κ1) is 11.6. The van der Waals surface area contributed by atoms with E-state index < -0.39 is 0 Å². The van der Waals surface area contributed by atoms with Crippen LogP contribution in [0.15, 0.2) is 10.7 Å². The van der Waals surface area contributed by atoms with Gasteiger partial charge in [0.2, 0.25) is 0 Å². The molecule has 1 unspecified atom stereocenters. The second-order valence-corrected chi connectivity index (χ2v) is 5.93. The minimum atomic E-state index is 0.0660. The molecule has 86 valence electrons. The molecule has 4 nitrogen and oxygen atoms in total. The van der Waals surface area contributed by atoms with Gasteiger partial charge in [0, 0.05) is 4.88 Å². The highest BCUT2D eigenvalue weighted by Crippen LogP contribution is 2.29. The lowest BCUT2D eigenvalue weighted by molar-refractivity contribution is 0.559. The lowest BCUT2D eigenvalue weighted by atomic mass is 10.2. The number of nitrogens with zero attached hydrogens (tertiary/aromatic N) is 3. The first-order valence-electron chi connectivity index (χ1n) is 4.93. The lowest BCUT2D eigenvalue weighted by Gasteiger charge is -2.12. The third-order valence-electron chi connectivity index (χ3n) is 2.49.